The fraction of sp³-hybridized carbons (Fsp3) is 0.231. The monoisotopic (exact) mass is 413 g/mol. The summed E-state index contributed by atoms with van der Waals surface area (Å²) in [5.41, 5.74) is 8.26. The number of hydrogen-bond acceptors (Lipinski definition) is 4. The van der Waals surface area contributed by atoms with Gasteiger partial charge < -0.3 is 10.0 Å². The second-order valence-electron chi connectivity index (χ2n) is 8.68. The fourth-order valence-corrected chi connectivity index (χ4v) is 4.09. The number of aryl methyl sites for hydroxylation is 1. The highest BCUT2D eigenvalue weighted by Gasteiger charge is 2.28. The number of hydrazone groups is 1. The molecule has 1 amide bonds. The summed E-state index contributed by atoms with van der Waals surface area (Å²) >= 11 is 0. The Kier molecular flexibility index (Phi) is 5.05. The molecular weight excluding hydrogens is 386 g/mol. The molecule has 0 saturated heterocycles. The van der Waals surface area contributed by atoms with Gasteiger partial charge in [-0.1, -0.05) is 30.3 Å². The first-order valence-electron chi connectivity index (χ1n) is 10.3. The molecule has 5 heteroatoms. The van der Waals surface area contributed by atoms with E-state index in [2.05, 4.69) is 61.5 Å². The van der Waals surface area contributed by atoms with Crippen LogP contribution < -0.4 is 10.3 Å². The molecule has 0 unspecified atom stereocenters. The zero-order chi connectivity index (χ0) is 22.3. The molecule has 0 bridgehead atoms. The lowest BCUT2D eigenvalue weighted by Gasteiger charge is -2.41. The predicted octanol–water partition coefficient (Wildman–Crippen LogP) is 5.25. The van der Waals surface area contributed by atoms with Crippen molar-refractivity contribution >= 4 is 34.2 Å². The summed E-state index contributed by atoms with van der Waals surface area (Å²) in [7, 11) is 2.10. The Labute approximate surface area is 182 Å². The Bertz CT molecular complexity index is 1250. The molecule has 1 aliphatic rings. The third-order valence-electron chi connectivity index (χ3n) is 6.08. The quantitative estimate of drug-likeness (QED) is 0.455. The van der Waals surface area contributed by atoms with Crippen LogP contribution >= 0.6 is 0 Å². The molecule has 4 rings (SSSR count). The second-order valence-corrected chi connectivity index (χ2v) is 8.68. The Morgan fingerprint density at radius 2 is 1.77 bits per heavy atom. The first-order valence-corrected chi connectivity index (χ1v) is 10.3. The van der Waals surface area contributed by atoms with Crippen molar-refractivity contribution < 1.29 is 9.90 Å². The SMILES string of the molecule is CC1=CC(C)(C)N(C)c2cc(C)c(/C=N/NC(=O)c3cc4ccccc4cc3O)cc21. The van der Waals surface area contributed by atoms with Gasteiger partial charge in [0, 0.05) is 18.3 Å². The molecule has 1 heterocycles. The van der Waals surface area contributed by atoms with Crippen molar-refractivity contribution in [2.24, 2.45) is 5.10 Å². The molecule has 31 heavy (non-hydrogen) atoms. The highest BCUT2D eigenvalue weighted by atomic mass is 16.3. The van der Waals surface area contributed by atoms with E-state index in [1.807, 2.05) is 31.2 Å². The third kappa shape index (κ3) is 3.79. The molecule has 0 aliphatic carbocycles. The molecule has 158 valence electrons. The van der Waals surface area contributed by atoms with Gasteiger partial charge in [0.05, 0.1) is 17.3 Å². The van der Waals surface area contributed by atoms with Crippen molar-refractivity contribution in [3.05, 3.63) is 76.9 Å². The first-order chi connectivity index (χ1) is 14.7. The van der Waals surface area contributed by atoms with E-state index in [9.17, 15) is 9.90 Å². The van der Waals surface area contributed by atoms with E-state index in [0.29, 0.717) is 0 Å². The number of likely N-dealkylation sites (N-methyl/N-ethyl adjacent to an activating group) is 1. The average Bonchev–Trinajstić information content (AvgIpc) is 2.72. The van der Waals surface area contributed by atoms with Crippen molar-refractivity contribution in [1.29, 1.82) is 0 Å². The molecule has 0 radical (unpaired) electrons. The smallest absolute Gasteiger partial charge is 0.275 e. The zero-order valence-corrected chi connectivity index (χ0v) is 18.5. The molecule has 0 spiro atoms. The second kappa shape index (κ2) is 7.58. The van der Waals surface area contributed by atoms with Crippen LogP contribution in [0.15, 0.2) is 59.7 Å². The van der Waals surface area contributed by atoms with Gasteiger partial charge in [-0.15, -0.1) is 0 Å². The van der Waals surface area contributed by atoms with E-state index >= 15 is 0 Å². The molecule has 0 atom stereocenters. The number of aromatic hydroxyl groups is 1. The maximum absolute atomic E-state index is 12.6. The van der Waals surface area contributed by atoms with Gasteiger partial charge in [0.2, 0.25) is 0 Å². The molecule has 1 aliphatic heterocycles. The van der Waals surface area contributed by atoms with Crippen molar-refractivity contribution in [1.82, 2.24) is 5.43 Å². The minimum atomic E-state index is -0.451. The van der Waals surface area contributed by atoms with Crippen LogP contribution in [0.2, 0.25) is 0 Å². The van der Waals surface area contributed by atoms with Crippen LogP contribution in [0.1, 0.15) is 47.8 Å². The topological polar surface area (TPSA) is 64.9 Å². The Balaban J connectivity index is 1.58. The van der Waals surface area contributed by atoms with Gasteiger partial charge in [-0.2, -0.15) is 5.10 Å². The summed E-state index contributed by atoms with van der Waals surface area (Å²) in [4.78, 5) is 14.9. The van der Waals surface area contributed by atoms with Gasteiger partial charge in [-0.25, -0.2) is 5.43 Å². The summed E-state index contributed by atoms with van der Waals surface area (Å²) in [6, 6.07) is 15.1. The van der Waals surface area contributed by atoms with Crippen LogP contribution in [0, 0.1) is 6.92 Å². The van der Waals surface area contributed by atoms with Gasteiger partial charge in [0.15, 0.2) is 0 Å². The van der Waals surface area contributed by atoms with Gasteiger partial charge >= 0.3 is 0 Å². The summed E-state index contributed by atoms with van der Waals surface area (Å²) in [5.74, 6) is -0.518. The van der Waals surface area contributed by atoms with Crippen LogP contribution in [-0.2, 0) is 0 Å². The number of amides is 1. The molecule has 3 aromatic rings. The van der Waals surface area contributed by atoms with Gasteiger partial charge in [-0.05, 0) is 79.4 Å². The molecule has 0 aromatic heterocycles. The predicted molar refractivity (Wildman–Crippen MR) is 128 cm³/mol. The summed E-state index contributed by atoms with van der Waals surface area (Å²) in [6.45, 7) is 8.55. The molecule has 0 saturated carbocycles. The lowest BCUT2D eigenvalue weighted by atomic mass is 9.87. The highest BCUT2D eigenvalue weighted by molar-refractivity contribution is 6.02. The van der Waals surface area contributed by atoms with Crippen molar-refractivity contribution in [3.8, 4) is 5.75 Å². The molecule has 3 aromatic carbocycles. The minimum absolute atomic E-state index is 0.0467. The zero-order valence-electron chi connectivity index (χ0n) is 18.5. The molecule has 5 nitrogen and oxygen atoms in total. The summed E-state index contributed by atoms with van der Waals surface area (Å²) < 4.78 is 0. The van der Waals surface area contributed by atoms with Gasteiger partial charge in [0.1, 0.15) is 5.75 Å². The number of carbonyl (C=O) groups excluding carboxylic acids is 1. The maximum atomic E-state index is 12.6. The number of rotatable bonds is 3. The number of phenols is 1. The first kappa shape index (κ1) is 20.7. The molecular formula is C26H27N3O2. The summed E-state index contributed by atoms with van der Waals surface area (Å²) in [5, 5.41) is 16.2. The van der Waals surface area contributed by atoms with E-state index < -0.39 is 5.91 Å². The van der Waals surface area contributed by atoms with Crippen molar-refractivity contribution in [2.45, 2.75) is 33.2 Å². The number of nitrogens with one attached hydrogen (secondary N) is 1. The number of benzene rings is 3. The highest BCUT2D eigenvalue weighted by Crippen LogP contribution is 2.39. The molecule has 2 N–H and O–H groups in total. The van der Waals surface area contributed by atoms with Crippen LogP contribution in [0.3, 0.4) is 0 Å². The number of carbonyl (C=O) groups is 1. The average molecular weight is 414 g/mol. The van der Waals surface area contributed by atoms with Crippen molar-refractivity contribution in [3.63, 3.8) is 0 Å². The Hall–Kier alpha value is -3.60. The van der Waals surface area contributed by atoms with E-state index in [0.717, 1.165) is 27.5 Å². The number of hydrogen-bond donors (Lipinski definition) is 2. The van der Waals surface area contributed by atoms with Gasteiger partial charge in [0.25, 0.3) is 5.91 Å². The van der Waals surface area contributed by atoms with Crippen molar-refractivity contribution in [2.75, 3.05) is 11.9 Å². The van der Waals surface area contributed by atoms with Crippen LogP contribution in [0.25, 0.3) is 16.3 Å². The standard InChI is InChI=1S/C26H27N3O2/c1-16-10-23-21(17(2)14-26(3,4)29(23)5)12-20(16)15-27-28-25(31)22-11-18-8-6-7-9-19(18)13-24(22)30/h6-15,30H,1-5H3,(H,28,31)/b27-15+. The van der Waals surface area contributed by atoms with E-state index in [1.165, 1.54) is 11.3 Å². The Morgan fingerprint density at radius 3 is 2.48 bits per heavy atom. The fourth-order valence-electron chi connectivity index (χ4n) is 4.09. The number of allylic oxidation sites excluding steroid dienone is 1. The van der Waals surface area contributed by atoms with Crippen LogP contribution in [-0.4, -0.2) is 29.8 Å². The van der Waals surface area contributed by atoms with E-state index in [-0.39, 0.29) is 16.9 Å². The number of nitrogens with zero attached hydrogens (tertiary/aromatic N) is 2. The van der Waals surface area contributed by atoms with E-state index in [4.69, 9.17) is 0 Å². The lowest BCUT2D eigenvalue weighted by molar-refractivity contribution is 0.0952. The number of anilines is 1. The number of fused-ring (bicyclic) bond motifs is 2. The lowest BCUT2D eigenvalue weighted by Crippen LogP contribution is -2.42. The number of phenolic OH excluding ortho intramolecular Hbond substituents is 1. The largest absolute Gasteiger partial charge is 0.507 e. The van der Waals surface area contributed by atoms with Gasteiger partial charge in [-0.3, -0.25) is 4.79 Å². The summed E-state index contributed by atoms with van der Waals surface area (Å²) in [6.07, 6.45) is 3.91. The van der Waals surface area contributed by atoms with Crippen LogP contribution in [0.4, 0.5) is 5.69 Å². The Morgan fingerprint density at radius 1 is 1.10 bits per heavy atom. The normalized spacial score (nSPS) is 15.1. The maximum Gasteiger partial charge on any atom is 0.275 e. The van der Waals surface area contributed by atoms with Crippen LogP contribution in [0.5, 0.6) is 5.75 Å². The minimum Gasteiger partial charge on any atom is -0.507 e. The third-order valence-corrected chi connectivity index (χ3v) is 6.08. The van der Waals surface area contributed by atoms with E-state index in [1.54, 1.807) is 18.3 Å². The molecule has 0 fully saturated rings.